The van der Waals surface area contributed by atoms with Gasteiger partial charge in [-0.25, -0.2) is 0 Å². The van der Waals surface area contributed by atoms with Crippen molar-refractivity contribution in [2.45, 2.75) is 6.92 Å². The van der Waals surface area contributed by atoms with Crippen molar-refractivity contribution >= 4 is 10.9 Å². The Balaban J connectivity index is 0.000000337. The van der Waals surface area contributed by atoms with Crippen molar-refractivity contribution in [3.63, 3.8) is 0 Å². The predicted molar refractivity (Wildman–Crippen MR) is 64.5 cm³/mol. The molecule has 0 spiro atoms. The largest absolute Gasteiger partial charge is 0.493 e. The SMILES string of the molecule is CCOc1cccc2[nH]ccc12.CNC. The van der Waals surface area contributed by atoms with Gasteiger partial charge in [0.15, 0.2) is 0 Å². The van der Waals surface area contributed by atoms with Gasteiger partial charge in [-0.3, -0.25) is 0 Å². The number of benzene rings is 1. The van der Waals surface area contributed by atoms with Gasteiger partial charge >= 0.3 is 0 Å². The molecule has 0 unspecified atom stereocenters. The minimum Gasteiger partial charge on any atom is -0.493 e. The summed E-state index contributed by atoms with van der Waals surface area (Å²) in [6.45, 7) is 2.70. The second-order valence-electron chi connectivity index (χ2n) is 3.13. The average Bonchev–Trinajstić information content (AvgIpc) is 2.68. The van der Waals surface area contributed by atoms with Gasteiger partial charge in [0.2, 0.25) is 0 Å². The number of H-pyrrole nitrogens is 1. The third kappa shape index (κ3) is 2.99. The molecule has 1 heterocycles. The standard InChI is InChI=1S/C10H11NO.C2H7N/c1-2-12-10-5-3-4-9-8(10)6-7-11-9;1-3-2/h3-7,11H,2H2,1H3;3H,1-2H3. The molecule has 0 amide bonds. The molecule has 0 saturated carbocycles. The molecule has 15 heavy (non-hydrogen) atoms. The molecular formula is C12H18N2O. The minimum absolute atomic E-state index is 0.713. The van der Waals surface area contributed by atoms with Crippen LogP contribution in [0.4, 0.5) is 0 Å². The van der Waals surface area contributed by atoms with Crippen molar-refractivity contribution in [3.05, 3.63) is 30.5 Å². The van der Waals surface area contributed by atoms with Crippen LogP contribution in [-0.4, -0.2) is 25.7 Å². The number of fused-ring (bicyclic) bond motifs is 1. The van der Waals surface area contributed by atoms with E-state index >= 15 is 0 Å². The molecule has 3 heteroatoms. The van der Waals surface area contributed by atoms with E-state index < -0.39 is 0 Å². The number of rotatable bonds is 2. The van der Waals surface area contributed by atoms with Crippen molar-refractivity contribution in [2.75, 3.05) is 20.7 Å². The Morgan fingerprint density at radius 3 is 2.67 bits per heavy atom. The lowest BCUT2D eigenvalue weighted by molar-refractivity contribution is 0.344. The van der Waals surface area contributed by atoms with Crippen molar-refractivity contribution in [1.29, 1.82) is 0 Å². The zero-order valence-electron chi connectivity index (χ0n) is 9.50. The maximum Gasteiger partial charge on any atom is 0.128 e. The van der Waals surface area contributed by atoms with Crippen LogP contribution in [-0.2, 0) is 0 Å². The Bertz CT molecular complexity index is 395. The smallest absolute Gasteiger partial charge is 0.128 e. The van der Waals surface area contributed by atoms with Crippen LogP contribution in [0.1, 0.15) is 6.92 Å². The Morgan fingerprint density at radius 1 is 1.27 bits per heavy atom. The average molecular weight is 206 g/mol. The number of nitrogens with one attached hydrogen (secondary N) is 2. The molecule has 1 aromatic heterocycles. The highest BCUT2D eigenvalue weighted by Gasteiger charge is 1.99. The highest BCUT2D eigenvalue weighted by Crippen LogP contribution is 2.23. The quantitative estimate of drug-likeness (QED) is 0.791. The van der Waals surface area contributed by atoms with Crippen molar-refractivity contribution in [1.82, 2.24) is 10.3 Å². The molecule has 0 bridgehead atoms. The second-order valence-corrected chi connectivity index (χ2v) is 3.13. The summed E-state index contributed by atoms with van der Waals surface area (Å²) in [5, 5.41) is 3.90. The number of aromatic nitrogens is 1. The summed E-state index contributed by atoms with van der Waals surface area (Å²) in [4.78, 5) is 3.14. The molecule has 2 aromatic rings. The van der Waals surface area contributed by atoms with Crippen LogP contribution in [0.2, 0.25) is 0 Å². The van der Waals surface area contributed by atoms with Crippen molar-refractivity contribution in [2.24, 2.45) is 0 Å². The lowest BCUT2D eigenvalue weighted by atomic mass is 10.2. The molecule has 3 nitrogen and oxygen atoms in total. The molecule has 0 radical (unpaired) electrons. The van der Waals surface area contributed by atoms with E-state index in [2.05, 4.69) is 10.3 Å². The van der Waals surface area contributed by atoms with Gasteiger partial charge in [-0.1, -0.05) is 6.07 Å². The van der Waals surface area contributed by atoms with Crippen LogP contribution in [0.25, 0.3) is 10.9 Å². The number of ether oxygens (including phenoxy) is 1. The van der Waals surface area contributed by atoms with E-state index in [0.29, 0.717) is 6.61 Å². The molecule has 2 N–H and O–H groups in total. The third-order valence-corrected chi connectivity index (χ3v) is 1.85. The van der Waals surface area contributed by atoms with Crippen molar-refractivity contribution in [3.8, 4) is 5.75 Å². The van der Waals surface area contributed by atoms with E-state index in [4.69, 9.17) is 4.74 Å². The van der Waals surface area contributed by atoms with Gasteiger partial charge in [0.25, 0.3) is 0 Å². The first-order valence-corrected chi connectivity index (χ1v) is 5.10. The Labute approximate surface area is 90.5 Å². The Hall–Kier alpha value is -1.48. The predicted octanol–water partition coefficient (Wildman–Crippen LogP) is 2.40. The lowest BCUT2D eigenvalue weighted by Gasteiger charge is -2.02. The van der Waals surface area contributed by atoms with E-state index in [-0.39, 0.29) is 0 Å². The maximum absolute atomic E-state index is 5.46. The summed E-state index contributed by atoms with van der Waals surface area (Å²) in [6, 6.07) is 8.04. The topological polar surface area (TPSA) is 37.0 Å². The van der Waals surface area contributed by atoms with Gasteiger partial charge in [-0.05, 0) is 39.2 Å². The second kappa shape index (κ2) is 6.09. The molecule has 1 aromatic carbocycles. The zero-order chi connectivity index (χ0) is 11.1. The van der Waals surface area contributed by atoms with Gasteiger partial charge in [0.05, 0.1) is 6.61 Å². The molecule has 0 aliphatic carbocycles. The van der Waals surface area contributed by atoms with Crippen LogP contribution in [0.3, 0.4) is 0 Å². The lowest BCUT2D eigenvalue weighted by Crippen LogP contribution is -1.90. The Morgan fingerprint density at radius 2 is 2.00 bits per heavy atom. The third-order valence-electron chi connectivity index (χ3n) is 1.85. The highest BCUT2D eigenvalue weighted by molar-refractivity contribution is 5.85. The first kappa shape index (κ1) is 11.6. The normalized spacial score (nSPS) is 9.53. The molecule has 0 aliphatic rings. The van der Waals surface area contributed by atoms with Gasteiger partial charge in [0.1, 0.15) is 5.75 Å². The molecule has 2 rings (SSSR count). The summed E-state index contributed by atoms with van der Waals surface area (Å²) in [5.41, 5.74) is 1.13. The van der Waals surface area contributed by atoms with Gasteiger partial charge in [0, 0.05) is 17.1 Å². The van der Waals surface area contributed by atoms with E-state index in [1.807, 2.05) is 51.5 Å². The number of hydrogen-bond donors (Lipinski definition) is 2. The van der Waals surface area contributed by atoms with Crippen LogP contribution in [0.15, 0.2) is 30.5 Å². The van der Waals surface area contributed by atoms with Crippen LogP contribution in [0, 0.1) is 0 Å². The molecule has 0 saturated heterocycles. The summed E-state index contributed by atoms with van der Waals surface area (Å²) >= 11 is 0. The first-order valence-electron chi connectivity index (χ1n) is 5.10. The van der Waals surface area contributed by atoms with E-state index in [0.717, 1.165) is 16.7 Å². The van der Waals surface area contributed by atoms with Gasteiger partial charge in [-0.15, -0.1) is 0 Å². The minimum atomic E-state index is 0.713. The summed E-state index contributed by atoms with van der Waals surface area (Å²) < 4.78 is 5.46. The fourth-order valence-electron chi connectivity index (χ4n) is 1.34. The molecule has 82 valence electrons. The van der Waals surface area contributed by atoms with Gasteiger partial charge < -0.3 is 15.0 Å². The Kier molecular flexibility index (Phi) is 4.71. The molecule has 0 atom stereocenters. The zero-order valence-corrected chi connectivity index (χ0v) is 9.50. The first-order chi connectivity index (χ1) is 7.33. The van der Waals surface area contributed by atoms with E-state index in [1.54, 1.807) is 0 Å². The fraction of sp³-hybridized carbons (Fsp3) is 0.333. The van der Waals surface area contributed by atoms with Crippen molar-refractivity contribution < 1.29 is 4.74 Å². The number of hydrogen-bond acceptors (Lipinski definition) is 2. The van der Waals surface area contributed by atoms with E-state index in [9.17, 15) is 0 Å². The molecular weight excluding hydrogens is 188 g/mol. The summed E-state index contributed by atoms with van der Waals surface area (Å²) in [5.74, 6) is 0.955. The number of aromatic amines is 1. The molecule has 0 aliphatic heterocycles. The molecule has 0 fully saturated rings. The maximum atomic E-state index is 5.46. The summed E-state index contributed by atoms with van der Waals surface area (Å²) in [6.07, 6.45) is 1.92. The van der Waals surface area contributed by atoms with Crippen LogP contribution in [0.5, 0.6) is 5.75 Å². The monoisotopic (exact) mass is 206 g/mol. The highest BCUT2D eigenvalue weighted by atomic mass is 16.5. The van der Waals surface area contributed by atoms with E-state index in [1.165, 1.54) is 0 Å². The summed E-state index contributed by atoms with van der Waals surface area (Å²) in [7, 11) is 3.75. The van der Waals surface area contributed by atoms with Gasteiger partial charge in [-0.2, -0.15) is 0 Å². The fourth-order valence-corrected chi connectivity index (χ4v) is 1.34. The van der Waals surface area contributed by atoms with Crippen LogP contribution < -0.4 is 10.1 Å². The van der Waals surface area contributed by atoms with Crippen LogP contribution >= 0.6 is 0 Å².